The first-order valence-electron chi connectivity index (χ1n) is 6.87. The van der Waals surface area contributed by atoms with Gasteiger partial charge in [0.1, 0.15) is 5.82 Å². The van der Waals surface area contributed by atoms with Gasteiger partial charge in [-0.3, -0.25) is 10.7 Å². The largest absolute Gasteiger partial charge is 0.365 e. The van der Waals surface area contributed by atoms with Gasteiger partial charge >= 0.3 is 0 Å². The number of hydroxylamine groups is 1. The minimum atomic E-state index is -0.436. The molecular weight excluding hydrogens is 431 g/mol. The van der Waals surface area contributed by atoms with Gasteiger partial charge in [0.15, 0.2) is 16.6 Å². The molecule has 13 heteroatoms. The first kappa shape index (κ1) is 19.6. The first-order chi connectivity index (χ1) is 12.5. The van der Waals surface area contributed by atoms with E-state index in [0.717, 1.165) is 0 Å². The van der Waals surface area contributed by atoms with Crippen LogP contribution in [0.4, 0.5) is 10.1 Å². The Hall–Kier alpha value is -2.69. The average molecular weight is 443 g/mol. The van der Waals surface area contributed by atoms with Gasteiger partial charge in [-0.15, -0.1) is 0 Å². The van der Waals surface area contributed by atoms with Crippen LogP contribution in [0.5, 0.6) is 0 Å². The van der Waals surface area contributed by atoms with Crippen molar-refractivity contribution in [3.8, 4) is 0 Å². The lowest BCUT2D eigenvalue weighted by molar-refractivity contribution is 0.234. The minimum absolute atomic E-state index is 0.0141. The molecule has 0 atom stereocenters. The molecule has 10 nitrogen and oxygen atoms in total. The zero-order valence-electron chi connectivity index (χ0n) is 13.0. The van der Waals surface area contributed by atoms with Crippen LogP contribution in [0.2, 0.25) is 0 Å². The van der Waals surface area contributed by atoms with Gasteiger partial charge in [-0.25, -0.2) is 19.0 Å². The molecule has 5 N–H and O–H groups in total. The Balaban J connectivity index is 2.11. The van der Waals surface area contributed by atoms with Crippen LogP contribution >= 0.6 is 27.7 Å². The van der Waals surface area contributed by atoms with Crippen molar-refractivity contribution in [1.82, 2.24) is 21.2 Å². The minimum Gasteiger partial charge on any atom is -0.365 e. The molecule has 2 aromatic rings. The number of aliphatic imine (C=N–C) groups is 2. The summed E-state index contributed by atoms with van der Waals surface area (Å²) in [5, 5.41) is 17.2. The Bertz CT molecular complexity index is 866. The number of nitrogens with two attached hydrogens (primary N) is 1. The van der Waals surface area contributed by atoms with Crippen molar-refractivity contribution in [3.05, 3.63) is 45.7 Å². The number of hydrogen-bond acceptors (Lipinski definition) is 7. The summed E-state index contributed by atoms with van der Waals surface area (Å²) in [6.07, 6.45) is 0. The number of rotatable bonds is 6. The Morgan fingerprint density at radius 3 is 3.00 bits per heavy atom. The number of halogens is 2. The SMILES string of the molecule is [C-]#[N+]NC(N)=NCCSc1nonc1C(=Nc1ccc(F)c(Br)c1)NO. The molecule has 0 unspecified atom stereocenters. The van der Waals surface area contributed by atoms with Crippen LogP contribution < -0.4 is 16.6 Å². The number of aromatic nitrogens is 2. The van der Waals surface area contributed by atoms with Crippen LogP contribution in [0, 0.1) is 12.4 Å². The molecule has 0 amide bonds. The maximum Gasteiger partial charge on any atom is 0.259 e. The van der Waals surface area contributed by atoms with Crippen LogP contribution in [0.15, 0.2) is 42.3 Å². The second kappa shape index (κ2) is 9.70. The average Bonchev–Trinajstić information content (AvgIpc) is 3.08. The smallest absolute Gasteiger partial charge is 0.259 e. The van der Waals surface area contributed by atoms with Crippen LogP contribution in [0.25, 0.3) is 4.95 Å². The lowest BCUT2D eigenvalue weighted by atomic mass is 10.3. The molecule has 0 saturated heterocycles. The number of hydrogen-bond donors (Lipinski definition) is 4. The standard InChI is InChI=1S/C13H12BrFN8O2S/c1-17-20-13(16)18-4-5-26-12-10(22-25-23-12)11(21-24)19-7-2-3-9(15)8(14)6-7/h2-3,6,24H,4-5H2,(H,19,21)(H3,16,18,20). The highest BCUT2D eigenvalue weighted by molar-refractivity contribution is 9.10. The molecular formula is C13H12BrFN8O2S. The molecule has 1 aromatic carbocycles. The Morgan fingerprint density at radius 1 is 1.50 bits per heavy atom. The zero-order chi connectivity index (χ0) is 18.9. The highest BCUT2D eigenvalue weighted by atomic mass is 79.9. The molecule has 2 rings (SSSR count). The number of nitrogens with one attached hydrogen (secondary N) is 2. The molecule has 0 spiro atoms. The summed E-state index contributed by atoms with van der Waals surface area (Å²) >= 11 is 4.30. The van der Waals surface area contributed by atoms with Gasteiger partial charge in [-0.05, 0) is 44.4 Å². The second-order valence-electron chi connectivity index (χ2n) is 4.43. The summed E-state index contributed by atoms with van der Waals surface area (Å²) in [4.78, 5) is 11.0. The normalized spacial score (nSPS) is 11.9. The van der Waals surface area contributed by atoms with Crippen LogP contribution in [-0.4, -0.2) is 39.6 Å². The number of nitrogens with zero attached hydrogens (tertiary/aromatic N) is 5. The van der Waals surface area contributed by atoms with E-state index in [9.17, 15) is 9.60 Å². The third kappa shape index (κ3) is 5.41. The summed E-state index contributed by atoms with van der Waals surface area (Å²) in [5.74, 6) is 0.0159. The molecule has 0 aliphatic heterocycles. The molecule has 0 radical (unpaired) electrons. The van der Waals surface area contributed by atoms with E-state index in [1.807, 2.05) is 5.48 Å². The third-order valence-electron chi connectivity index (χ3n) is 2.72. The van der Waals surface area contributed by atoms with Gasteiger partial charge in [-0.2, -0.15) is 11.5 Å². The van der Waals surface area contributed by atoms with Gasteiger partial charge in [0, 0.05) is 5.75 Å². The predicted octanol–water partition coefficient (Wildman–Crippen LogP) is 1.86. The van der Waals surface area contributed by atoms with E-state index in [1.54, 1.807) is 0 Å². The maximum atomic E-state index is 13.3. The zero-order valence-corrected chi connectivity index (χ0v) is 15.4. The van der Waals surface area contributed by atoms with Crippen molar-refractivity contribution < 1.29 is 14.2 Å². The van der Waals surface area contributed by atoms with Gasteiger partial charge in [0.2, 0.25) is 0 Å². The van der Waals surface area contributed by atoms with Crippen molar-refractivity contribution in [1.29, 1.82) is 0 Å². The Morgan fingerprint density at radius 2 is 2.31 bits per heavy atom. The molecule has 0 fully saturated rings. The van der Waals surface area contributed by atoms with Crippen molar-refractivity contribution in [2.45, 2.75) is 5.03 Å². The third-order valence-corrected chi connectivity index (χ3v) is 4.25. The van der Waals surface area contributed by atoms with Gasteiger partial charge in [0.25, 0.3) is 5.96 Å². The van der Waals surface area contributed by atoms with Crippen LogP contribution in [0.1, 0.15) is 5.69 Å². The number of amidine groups is 1. The molecule has 0 saturated carbocycles. The highest BCUT2D eigenvalue weighted by Gasteiger charge is 2.17. The van der Waals surface area contributed by atoms with E-state index in [4.69, 9.17) is 16.9 Å². The van der Waals surface area contributed by atoms with E-state index < -0.39 is 5.82 Å². The van der Waals surface area contributed by atoms with Gasteiger partial charge in [-0.1, -0.05) is 17.2 Å². The maximum absolute atomic E-state index is 13.3. The van der Waals surface area contributed by atoms with Crippen LogP contribution in [0.3, 0.4) is 0 Å². The van der Waals surface area contributed by atoms with Crippen molar-refractivity contribution in [2.75, 3.05) is 12.3 Å². The van der Waals surface area contributed by atoms with Crippen LogP contribution in [-0.2, 0) is 0 Å². The lowest BCUT2D eigenvalue weighted by Gasteiger charge is -2.03. The first-order valence-corrected chi connectivity index (χ1v) is 8.65. The highest BCUT2D eigenvalue weighted by Crippen LogP contribution is 2.24. The van der Waals surface area contributed by atoms with E-state index >= 15 is 0 Å². The van der Waals surface area contributed by atoms with Crippen molar-refractivity contribution in [2.24, 2.45) is 15.7 Å². The van der Waals surface area contributed by atoms with Crippen molar-refractivity contribution in [3.63, 3.8) is 0 Å². The molecule has 0 aliphatic carbocycles. The topological polar surface area (TPSA) is 138 Å². The van der Waals surface area contributed by atoms with E-state index in [-0.39, 0.29) is 22.0 Å². The quantitative estimate of drug-likeness (QED) is 0.133. The second-order valence-corrected chi connectivity index (χ2v) is 6.37. The van der Waals surface area contributed by atoms with Gasteiger partial charge in [0.05, 0.1) is 16.7 Å². The van der Waals surface area contributed by atoms with Gasteiger partial charge < -0.3 is 5.73 Å². The molecule has 0 bridgehead atoms. The summed E-state index contributed by atoms with van der Waals surface area (Å²) in [5.41, 5.74) is 10.1. The number of guanidine groups is 1. The summed E-state index contributed by atoms with van der Waals surface area (Å²) in [6, 6.07) is 4.10. The summed E-state index contributed by atoms with van der Waals surface area (Å²) < 4.78 is 18.2. The van der Waals surface area contributed by atoms with E-state index in [2.05, 4.69) is 46.6 Å². The predicted molar refractivity (Wildman–Crippen MR) is 96.5 cm³/mol. The molecule has 0 aliphatic rings. The molecule has 136 valence electrons. The van der Waals surface area contributed by atoms with Crippen molar-refractivity contribution >= 4 is 45.2 Å². The molecule has 1 aromatic heterocycles. The Labute approximate surface area is 159 Å². The fourth-order valence-corrected chi connectivity index (χ4v) is 2.73. The summed E-state index contributed by atoms with van der Waals surface area (Å²) in [7, 11) is 0. The molecule has 26 heavy (non-hydrogen) atoms. The fraction of sp³-hybridized carbons (Fsp3) is 0.154. The lowest BCUT2D eigenvalue weighted by Crippen LogP contribution is -2.26. The molecule has 1 heterocycles. The summed E-state index contributed by atoms with van der Waals surface area (Å²) in [6.45, 7) is 6.91. The monoisotopic (exact) mass is 442 g/mol. The number of benzene rings is 1. The Kier molecular flexibility index (Phi) is 7.33. The van der Waals surface area contributed by atoms with E-state index in [1.165, 1.54) is 30.0 Å². The number of thioether (sulfide) groups is 1. The van der Waals surface area contributed by atoms with E-state index in [0.29, 0.717) is 23.0 Å². The fourth-order valence-electron chi connectivity index (χ4n) is 1.64.